The number of rotatable bonds is 5. The Labute approximate surface area is 126 Å². The highest BCUT2D eigenvalue weighted by atomic mass is 16.4. The highest BCUT2D eigenvalue weighted by molar-refractivity contribution is 5.82. The first-order chi connectivity index (χ1) is 9.75. The summed E-state index contributed by atoms with van der Waals surface area (Å²) in [7, 11) is 0. The lowest BCUT2D eigenvalue weighted by Crippen LogP contribution is -2.24. The van der Waals surface area contributed by atoms with Gasteiger partial charge in [0.05, 0.1) is 18.1 Å². The third-order valence-corrected chi connectivity index (χ3v) is 4.72. The molecule has 1 heterocycles. The third kappa shape index (κ3) is 2.40. The van der Waals surface area contributed by atoms with Crippen molar-refractivity contribution in [3.05, 3.63) is 35.3 Å². The Hall–Kier alpha value is -1.95. The first-order valence-corrected chi connectivity index (χ1v) is 7.14. The third-order valence-electron chi connectivity index (χ3n) is 4.72. The summed E-state index contributed by atoms with van der Waals surface area (Å²) < 4.78 is 5.39. The lowest BCUT2D eigenvalue weighted by atomic mass is 9.89. The number of hydrogen-bond acceptors (Lipinski definition) is 2. The molecule has 1 aliphatic carbocycles. The minimum atomic E-state index is -0.762. The van der Waals surface area contributed by atoms with Gasteiger partial charge in [0.25, 0.3) is 0 Å². The number of terminal acetylenes is 1. The summed E-state index contributed by atoms with van der Waals surface area (Å²) >= 11 is 0. The van der Waals surface area contributed by atoms with Crippen molar-refractivity contribution in [3.8, 4) is 12.3 Å². The quantitative estimate of drug-likeness (QED) is 0.663. The second-order valence-electron chi connectivity index (χ2n) is 6.70. The van der Waals surface area contributed by atoms with E-state index in [4.69, 9.17) is 10.8 Å². The fourth-order valence-corrected chi connectivity index (χ4v) is 3.44. The van der Waals surface area contributed by atoms with Crippen molar-refractivity contribution in [1.29, 1.82) is 0 Å². The molecule has 21 heavy (non-hydrogen) atoms. The van der Waals surface area contributed by atoms with Crippen LogP contribution in [0.3, 0.4) is 0 Å². The number of allylic oxidation sites excluding steroid dienone is 2. The zero-order chi connectivity index (χ0) is 15.8. The summed E-state index contributed by atoms with van der Waals surface area (Å²) in [6.45, 7) is 8.05. The number of carboxylic acids is 1. The van der Waals surface area contributed by atoms with Gasteiger partial charge < -0.3 is 9.52 Å². The van der Waals surface area contributed by atoms with Crippen molar-refractivity contribution in [2.45, 2.75) is 40.5 Å². The number of furan rings is 1. The second kappa shape index (κ2) is 5.11. The average molecular weight is 286 g/mol. The van der Waals surface area contributed by atoms with Crippen LogP contribution >= 0.6 is 0 Å². The molecule has 0 saturated heterocycles. The molecule has 0 radical (unpaired) electrons. The van der Waals surface area contributed by atoms with Crippen LogP contribution in [-0.4, -0.2) is 11.1 Å². The van der Waals surface area contributed by atoms with Gasteiger partial charge in [0.15, 0.2) is 0 Å². The van der Waals surface area contributed by atoms with Crippen LogP contribution in [-0.2, 0) is 17.6 Å². The van der Waals surface area contributed by atoms with Crippen LogP contribution in [0.4, 0.5) is 0 Å². The molecule has 1 N–H and O–H groups in total. The molecule has 0 spiro atoms. The topological polar surface area (TPSA) is 50.4 Å². The summed E-state index contributed by atoms with van der Waals surface area (Å²) in [6.07, 6.45) is 9.88. The standard InChI is InChI=1S/C18H22O3/c1-6-7-14-9-13(11-21-14)10-18(16(19)20)15(8-12(2)3)17(18,4)5/h1,8-9,11,15H,7,10H2,2-5H3,(H,19,20). The van der Waals surface area contributed by atoms with Crippen LogP contribution in [0.2, 0.25) is 0 Å². The predicted octanol–water partition coefficient (Wildman–Crippen LogP) is 3.69. The van der Waals surface area contributed by atoms with E-state index in [2.05, 4.69) is 12.0 Å². The number of carbonyl (C=O) groups is 1. The van der Waals surface area contributed by atoms with Crippen LogP contribution in [0.5, 0.6) is 0 Å². The zero-order valence-electron chi connectivity index (χ0n) is 13.1. The molecule has 0 aliphatic heterocycles. The Morgan fingerprint density at radius 3 is 2.71 bits per heavy atom. The summed E-state index contributed by atoms with van der Waals surface area (Å²) in [6, 6.07) is 1.87. The Morgan fingerprint density at radius 2 is 2.19 bits per heavy atom. The Balaban J connectivity index is 2.31. The van der Waals surface area contributed by atoms with Gasteiger partial charge in [0.2, 0.25) is 0 Å². The van der Waals surface area contributed by atoms with Gasteiger partial charge >= 0.3 is 5.97 Å². The molecule has 3 nitrogen and oxygen atoms in total. The minimum absolute atomic E-state index is 0.0403. The molecule has 1 aromatic rings. The molecular formula is C18H22O3. The lowest BCUT2D eigenvalue weighted by Gasteiger charge is -2.14. The summed E-state index contributed by atoms with van der Waals surface area (Å²) in [5.41, 5.74) is 1.03. The van der Waals surface area contributed by atoms with Gasteiger partial charge in [-0.05, 0) is 37.3 Å². The minimum Gasteiger partial charge on any atom is -0.481 e. The first kappa shape index (κ1) is 15.4. The van der Waals surface area contributed by atoms with Gasteiger partial charge in [-0.2, -0.15) is 0 Å². The Morgan fingerprint density at radius 1 is 1.52 bits per heavy atom. The van der Waals surface area contributed by atoms with Crippen molar-refractivity contribution < 1.29 is 14.3 Å². The van der Waals surface area contributed by atoms with E-state index in [0.717, 1.165) is 11.1 Å². The first-order valence-electron chi connectivity index (χ1n) is 7.14. The van der Waals surface area contributed by atoms with E-state index in [-0.39, 0.29) is 11.3 Å². The average Bonchev–Trinajstić information content (AvgIpc) is 2.72. The Kier molecular flexibility index (Phi) is 3.76. The van der Waals surface area contributed by atoms with Crippen LogP contribution in [0.1, 0.15) is 39.0 Å². The monoisotopic (exact) mass is 286 g/mol. The molecule has 3 heteroatoms. The van der Waals surface area contributed by atoms with E-state index < -0.39 is 11.4 Å². The van der Waals surface area contributed by atoms with E-state index in [0.29, 0.717) is 18.6 Å². The van der Waals surface area contributed by atoms with Crippen LogP contribution in [0, 0.1) is 29.1 Å². The molecule has 1 aromatic heterocycles. The van der Waals surface area contributed by atoms with E-state index in [1.807, 2.05) is 33.8 Å². The van der Waals surface area contributed by atoms with E-state index in [1.165, 1.54) is 0 Å². The molecule has 2 rings (SSSR count). The molecule has 0 aromatic carbocycles. The summed E-state index contributed by atoms with van der Waals surface area (Å²) in [5.74, 6) is 2.54. The molecule has 112 valence electrons. The fourth-order valence-electron chi connectivity index (χ4n) is 3.44. The van der Waals surface area contributed by atoms with Gasteiger partial charge in [-0.25, -0.2) is 0 Å². The summed E-state index contributed by atoms with van der Waals surface area (Å²) in [4.78, 5) is 11.9. The van der Waals surface area contributed by atoms with Gasteiger partial charge in [0.1, 0.15) is 5.76 Å². The molecule has 0 amide bonds. The molecule has 1 aliphatic rings. The van der Waals surface area contributed by atoms with Crippen LogP contribution in [0.15, 0.2) is 28.4 Å². The highest BCUT2D eigenvalue weighted by Gasteiger charge is 2.74. The fraction of sp³-hybridized carbons (Fsp3) is 0.500. The van der Waals surface area contributed by atoms with Crippen LogP contribution < -0.4 is 0 Å². The molecular weight excluding hydrogens is 264 g/mol. The number of carboxylic acid groups (broad SMARTS) is 1. The largest absolute Gasteiger partial charge is 0.481 e. The normalized spacial score (nSPS) is 26.0. The number of aliphatic carboxylic acids is 1. The van der Waals surface area contributed by atoms with Gasteiger partial charge in [-0.15, -0.1) is 6.42 Å². The van der Waals surface area contributed by atoms with Crippen molar-refractivity contribution >= 4 is 5.97 Å². The van der Waals surface area contributed by atoms with Crippen molar-refractivity contribution in [1.82, 2.24) is 0 Å². The van der Waals surface area contributed by atoms with Crippen molar-refractivity contribution in [3.63, 3.8) is 0 Å². The second-order valence-corrected chi connectivity index (χ2v) is 6.70. The maximum Gasteiger partial charge on any atom is 0.311 e. The molecule has 2 unspecified atom stereocenters. The lowest BCUT2D eigenvalue weighted by molar-refractivity contribution is -0.145. The number of hydrogen-bond donors (Lipinski definition) is 1. The molecule has 1 fully saturated rings. The maximum atomic E-state index is 11.9. The van der Waals surface area contributed by atoms with Gasteiger partial charge in [0, 0.05) is 5.92 Å². The molecule has 1 saturated carbocycles. The molecule has 2 atom stereocenters. The maximum absolute atomic E-state index is 11.9. The Bertz CT molecular complexity index is 623. The van der Waals surface area contributed by atoms with Crippen LogP contribution in [0.25, 0.3) is 0 Å². The summed E-state index contributed by atoms with van der Waals surface area (Å²) in [5, 5.41) is 9.80. The highest BCUT2D eigenvalue weighted by Crippen LogP contribution is 2.71. The van der Waals surface area contributed by atoms with E-state index in [1.54, 1.807) is 6.26 Å². The SMILES string of the molecule is C#CCc1cc(CC2(C(=O)O)C(C=C(C)C)C2(C)C)co1. The van der Waals surface area contributed by atoms with E-state index in [9.17, 15) is 9.90 Å². The van der Waals surface area contributed by atoms with Gasteiger partial charge in [-0.3, -0.25) is 4.79 Å². The predicted molar refractivity (Wildman–Crippen MR) is 81.7 cm³/mol. The van der Waals surface area contributed by atoms with E-state index >= 15 is 0 Å². The smallest absolute Gasteiger partial charge is 0.311 e. The molecule has 0 bridgehead atoms. The van der Waals surface area contributed by atoms with Gasteiger partial charge in [-0.1, -0.05) is 31.4 Å². The van der Waals surface area contributed by atoms with Crippen molar-refractivity contribution in [2.24, 2.45) is 16.7 Å². The zero-order valence-corrected chi connectivity index (χ0v) is 13.1. The van der Waals surface area contributed by atoms with Crippen molar-refractivity contribution in [2.75, 3.05) is 0 Å².